The summed E-state index contributed by atoms with van der Waals surface area (Å²) in [7, 11) is 1.80. The van der Waals surface area contributed by atoms with Gasteiger partial charge >= 0.3 is 12.0 Å². The Morgan fingerprint density at radius 1 is 1.45 bits per heavy atom. The molecule has 1 rings (SSSR count). The summed E-state index contributed by atoms with van der Waals surface area (Å²) in [5, 5.41) is 18.4. The van der Waals surface area contributed by atoms with Gasteiger partial charge in [0.25, 0.3) is 0 Å². The third-order valence-corrected chi connectivity index (χ3v) is 2.94. The number of carboxylic acid groups (broad SMARTS) is 1. The summed E-state index contributed by atoms with van der Waals surface area (Å²) in [6, 6.07) is -1.45. The van der Waals surface area contributed by atoms with E-state index in [-0.39, 0.29) is 0 Å². The van der Waals surface area contributed by atoms with Crippen molar-refractivity contribution in [2.75, 3.05) is 0 Å². The number of carbonyl (C=O) groups is 2. The molecule has 0 saturated carbocycles. The lowest BCUT2D eigenvalue weighted by Crippen LogP contribution is -2.52. The molecule has 0 unspecified atom stereocenters. The van der Waals surface area contributed by atoms with Crippen LogP contribution in [0.5, 0.6) is 0 Å². The summed E-state index contributed by atoms with van der Waals surface area (Å²) < 4.78 is 1.67. The van der Waals surface area contributed by atoms with Gasteiger partial charge in [0.05, 0.1) is 5.69 Å². The lowest BCUT2D eigenvalue weighted by atomic mass is 9.87. The van der Waals surface area contributed by atoms with Crippen molar-refractivity contribution in [1.29, 1.82) is 0 Å². The number of aryl methyl sites for hydroxylation is 2. The lowest BCUT2D eigenvalue weighted by Gasteiger charge is -2.27. The van der Waals surface area contributed by atoms with Gasteiger partial charge in [0.15, 0.2) is 0 Å². The lowest BCUT2D eigenvalue weighted by molar-refractivity contribution is -0.141. The molecular formula is C13H22N4O3. The van der Waals surface area contributed by atoms with Gasteiger partial charge in [-0.25, -0.2) is 9.59 Å². The van der Waals surface area contributed by atoms with Gasteiger partial charge in [-0.3, -0.25) is 4.68 Å². The number of carboxylic acids is 1. The van der Waals surface area contributed by atoms with E-state index in [1.807, 2.05) is 13.1 Å². The van der Waals surface area contributed by atoms with Crippen LogP contribution in [-0.4, -0.2) is 32.9 Å². The molecule has 1 aromatic rings. The first kappa shape index (κ1) is 16.0. The summed E-state index contributed by atoms with van der Waals surface area (Å²) in [6.45, 7) is 7.44. The van der Waals surface area contributed by atoms with E-state index in [1.54, 1.807) is 32.5 Å². The largest absolute Gasteiger partial charge is 0.480 e. The molecule has 0 saturated heterocycles. The van der Waals surface area contributed by atoms with Crippen molar-refractivity contribution in [1.82, 2.24) is 20.4 Å². The summed E-state index contributed by atoms with van der Waals surface area (Å²) in [4.78, 5) is 22.9. The fourth-order valence-electron chi connectivity index (χ4n) is 1.83. The molecule has 7 heteroatoms. The Morgan fingerprint density at radius 2 is 2.05 bits per heavy atom. The van der Waals surface area contributed by atoms with Crippen LogP contribution < -0.4 is 10.6 Å². The number of urea groups is 1. The second kappa shape index (κ2) is 5.94. The first-order chi connectivity index (χ1) is 9.11. The average Bonchev–Trinajstić information content (AvgIpc) is 2.60. The van der Waals surface area contributed by atoms with E-state index in [9.17, 15) is 9.59 Å². The predicted octanol–water partition coefficient (Wildman–Crippen LogP) is 1.03. The number of hydrogen-bond acceptors (Lipinski definition) is 3. The number of nitrogens with zero attached hydrogens (tertiary/aromatic N) is 2. The molecule has 0 bridgehead atoms. The van der Waals surface area contributed by atoms with E-state index in [0.29, 0.717) is 6.54 Å². The normalized spacial score (nSPS) is 12.8. The van der Waals surface area contributed by atoms with Crippen molar-refractivity contribution in [2.24, 2.45) is 12.5 Å². The number of nitrogens with one attached hydrogen (secondary N) is 2. The minimum Gasteiger partial charge on any atom is -0.480 e. The molecule has 0 aliphatic carbocycles. The van der Waals surface area contributed by atoms with E-state index in [1.165, 1.54) is 0 Å². The fourth-order valence-corrected chi connectivity index (χ4v) is 1.83. The number of aliphatic carboxylic acids is 1. The highest BCUT2D eigenvalue weighted by atomic mass is 16.4. The molecule has 0 fully saturated rings. The molecule has 112 valence electrons. The van der Waals surface area contributed by atoms with Gasteiger partial charge in [-0.15, -0.1) is 0 Å². The molecule has 3 N–H and O–H groups in total. The van der Waals surface area contributed by atoms with Crippen LogP contribution in [0.2, 0.25) is 0 Å². The van der Waals surface area contributed by atoms with Crippen LogP contribution >= 0.6 is 0 Å². The second-order valence-electron chi connectivity index (χ2n) is 5.88. The smallest absolute Gasteiger partial charge is 0.326 e. The molecule has 0 radical (unpaired) electrons. The van der Waals surface area contributed by atoms with Crippen molar-refractivity contribution in [3.05, 3.63) is 17.5 Å². The molecule has 1 atom stereocenters. The molecule has 0 aliphatic heterocycles. The number of rotatable bonds is 4. The Labute approximate surface area is 118 Å². The minimum atomic E-state index is -1.05. The van der Waals surface area contributed by atoms with E-state index in [2.05, 4.69) is 15.7 Å². The van der Waals surface area contributed by atoms with Crippen LogP contribution in [0, 0.1) is 12.3 Å². The summed E-state index contributed by atoms with van der Waals surface area (Å²) in [5.74, 6) is -1.05. The first-order valence-electron chi connectivity index (χ1n) is 6.37. The third-order valence-electron chi connectivity index (χ3n) is 2.94. The molecule has 1 heterocycles. The number of amides is 2. The molecule has 0 aromatic carbocycles. The Bertz CT molecular complexity index is 502. The van der Waals surface area contributed by atoms with Gasteiger partial charge in [0.2, 0.25) is 0 Å². The second-order valence-corrected chi connectivity index (χ2v) is 5.88. The van der Waals surface area contributed by atoms with Gasteiger partial charge in [0, 0.05) is 25.4 Å². The maximum absolute atomic E-state index is 11.8. The highest BCUT2D eigenvalue weighted by Crippen LogP contribution is 2.19. The minimum absolute atomic E-state index is 0.308. The SMILES string of the molecule is Cc1nn(C)cc1CNC(=O)N[C@H](C(=O)O)C(C)(C)C. The Hall–Kier alpha value is -2.05. The molecular weight excluding hydrogens is 260 g/mol. The van der Waals surface area contributed by atoms with Crippen LogP contribution in [0.1, 0.15) is 32.0 Å². The Kier molecular flexibility index (Phi) is 4.75. The van der Waals surface area contributed by atoms with Gasteiger partial charge in [-0.1, -0.05) is 20.8 Å². The quantitative estimate of drug-likeness (QED) is 0.768. The molecule has 1 aromatic heterocycles. The zero-order valence-corrected chi connectivity index (χ0v) is 12.5. The number of carbonyl (C=O) groups excluding carboxylic acids is 1. The highest BCUT2D eigenvalue weighted by Gasteiger charge is 2.32. The van der Waals surface area contributed by atoms with E-state index in [0.717, 1.165) is 11.3 Å². The molecule has 0 spiro atoms. The molecule has 20 heavy (non-hydrogen) atoms. The summed E-state index contributed by atoms with van der Waals surface area (Å²) in [6.07, 6.45) is 1.81. The maximum Gasteiger partial charge on any atom is 0.326 e. The average molecular weight is 282 g/mol. The van der Waals surface area contributed by atoms with Gasteiger partial charge in [-0.05, 0) is 12.3 Å². The van der Waals surface area contributed by atoms with Crippen LogP contribution in [0.25, 0.3) is 0 Å². The van der Waals surface area contributed by atoms with Crippen molar-refractivity contribution in [3.8, 4) is 0 Å². The number of hydrogen-bond donors (Lipinski definition) is 3. The zero-order chi connectivity index (χ0) is 15.5. The topological polar surface area (TPSA) is 96.3 Å². The van der Waals surface area contributed by atoms with Crippen molar-refractivity contribution >= 4 is 12.0 Å². The first-order valence-corrected chi connectivity index (χ1v) is 6.37. The van der Waals surface area contributed by atoms with Crippen LogP contribution in [0.3, 0.4) is 0 Å². The van der Waals surface area contributed by atoms with E-state index >= 15 is 0 Å². The predicted molar refractivity (Wildman–Crippen MR) is 74.2 cm³/mol. The van der Waals surface area contributed by atoms with Gasteiger partial charge < -0.3 is 15.7 Å². The highest BCUT2D eigenvalue weighted by molar-refractivity contribution is 5.83. The van der Waals surface area contributed by atoms with Gasteiger partial charge in [-0.2, -0.15) is 5.10 Å². The van der Waals surface area contributed by atoms with Crippen molar-refractivity contribution in [3.63, 3.8) is 0 Å². The number of aromatic nitrogens is 2. The molecule has 2 amide bonds. The summed E-state index contributed by atoms with van der Waals surface area (Å²) >= 11 is 0. The summed E-state index contributed by atoms with van der Waals surface area (Å²) in [5.41, 5.74) is 1.16. The van der Waals surface area contributed by atoms with Crippen molar-refractivity contribution < 1.29 is 14.7 Å². The van der Waals surface area contributed by atoms with Crippen LogP contribution in [0.15, 0.2) is 6.20 Å². The van der Waals surface area contributed by atoms with Crippen molar-refractivity contribution in [2.45, 2.75) is 40.3 Å². The van der Waals surface area contributed by atoms with Crippen LogP contribution in [0.4, 0.5) is 4.79 Å². The standard InChI is InChI=1S/C13H22N4O3/c1-8-9(7-17(5)16-8)6-14-12(20)15-10(11(18)19)13(2,3)4/h7,10H,6H2,1-5H3,(H,18,19)(H2,14,15,20)/t10-/m1/s1. The monoisotopic (exact) mass is 282 g/mol. The van der Waals surface area contributed by atoms with Gasteiger partial charge in [0.1, 0.15) is 6.04 Å². The van der Waals surface area contributed by atoms with E-state index in [4.69, 9.17) is 5.11 Å². The Balaban J connectivity index is 2.59. The zero-order valence-electron chi connectivity index (χ0n) is 12.5. The van der Waals surface area contributed by atoms with E-state index < -0.39 is 23.5 Å². The molecule has 0 aliphatic rings. The third kappa shape index (κ3) is 4.25. The Morgan fingerprint density at radius 3 is 2.45 bits per heavy atom. The van der Waals surface area contributed by atoms with Crippen LogP contribution in [-0.2, 0) is 18.4 Å². The maximum atomic E-state index is 11.8. The fraction of sp³-hybridized carbons (Fsp3) is 0.615. The molecule has 7 nitrogen and oxygen atoms in total.